The number of rotatable bonds is 8. The van der Waals surface area contributed by atoms with Gasteiger partial charge in [-0.1, -0.05) is 12.1 Å². The number of aryl methyl sites for hydroxylation is 2. The Labute approximate surface area is 160 Å². The van der Waals surface area contributed by atoms with Gasteiger partial charge in [0.2, 0.25) is 0 Å². The van der Waals surface area contributed by atoms with Crippen molar-refractivity contribution in [2.45, 2.75) is 44.6 Å². The average Bonchev–Trinajstić information content (AvgIpc) is 3.23. The molecule has 1 N–H and O–H groups in total. The first-order valence-electron chi connectivity index (χ1n) is 10.3. The van der Waals surface area contributed by atoms with Crippen molar-refractivity contribution in [1.29, 1.82) is 0 Å². The van der Waals surface area contributed by atoms with Gasteiger partial charge in [-0.05, 0) is 50.2 Å². The SMILES string of the molecule is Cn1c(CCCNC(=O)N(CC2CC2)C[C@@H]2CCCO2)nc2ccccc21. The van der Waals surface area contributed by atoms with Crippen molar-refractivity contribution in [3.8, 4) is 0 Å². The summed E-state index contributed by atoms with van der Waals surface area (Å²) in [6.07, 6.45) is 6.65. The number of fused-ring (bicyclic) bond motifs is 1. The number of benzene rings is 1. The summed E-state index contributed by atoms with van der Waals surface area (Å²) in [5.41, 5.74) is 2.19. The predicted octanol–water partition coefficient (Wildman–Crippen LogP) is 3.11. The lowest BCUT2D eigenvalue weighted by Gasteiger charge is -2.25. The number of para-hydroxylation sites is 2. The highest BCUT2D eigenvalue weighted by molar-refractivity contribution is 5.76. The molecule has 2 aliphatic rings. The van der Waals surface area contributed by atoms with E-state index in [1.165, 1.54) is 12.8 Å². The van der Waals surface area contributed by atoms with Crippen LogP contribution in [0.1, 0.15) is 37.9 Å². The van der Waals surface area contributed by atoms with E-state index in [4.69, 9.17) is 9.72 Å². The van der Waals surface area contributed by atoms with Crippen LogP contribution in [0.4, 0.5) is 4.79 Å². The zero-order chi connectivity index (χ0) is 18.6. The molecule has 1 saturated carbocycles. The molecule has 0 radical (unpaired) electrons. The largest absolute Gasteiger partial charge is 0.376 e. The molecule has 6 nitrogen and oxygen atoms in total. The molecule has 1 aliphatic heterocycles. The molecule has 0 spiro atoms. The van der Waals surface area contributed by atoms with E-state index >= 15 is 0 Å². The number of aromatic nitrogens is 2. The first-order chi connectivity index (χ1) is 13.2. The molecule has 4 rings (SSSR count). The van der Waals surface area contributed by atoms with E-state index in [1.807, 2.05) is 23.1 Å². The lowest BCUT2D eigenvalue weighted by molar-refractivity contribution is 0.0801. The predicted molar refractivity (Wildman–Crippen MR) is 106 cm³/mol. The minimum absolute atomic E-state index is 0.0578. The van der Waals surface area contributed by atoms with Gasteiger partial charge in [0.15, 0.2) is 0 Å². The highest BCUT2D eigenvalue weighted by Crippen LogP contribution is 2.30. The van der Waals surface area contributed by atoms with E-state index in [0.29, 0.717) is 12.5 Å². The molecule has 1 saturated heterocycles. The molecule has 2 amide bonds. The zero-order valence-corrected chi connectivity index (χ0v) is 16.2. The molecule has 2 fully saturated rings. The van der Waals surface area contributed by atoms with Crippen LogP contribution < -0.4 is 5.32 Å². The fourth-order valence-corrected chi connectivity index (χ4v) is 3.86. The number of nitrogens with one attached hydrogen (secondary N) is 1. The molecule has 0 unspecified atom stereocenters. The lowest BCUT2D eigenvalue weighted by atomic mass is 10.2. The van der Waals surface area contributed by atoms with Crippen molar-refractivity contribution in [3.63, 3.8) is 0 Å². The summed E-state index contributed by atoms with van der Waals surface area (Å²) in [7, 11) is 2.06. The van der Waals surface area contributed by atoms with Gasteiger partial charge in [-0.3, -0.25) is 0 Å². The summed E-state index contributed by atoms with van der Waals surface area (Å²) in [4.78, 5) is 19.3. The Kier molecular flexibility index (Phi) is 5.62. The van der Waals surface area contributed by atoms with E-state index in [2.05, 4.69) is 23.0 Å². The number of nitrogens with zero attached hydrogens (tertiary/aromatic N) is 3. The summed E-state index contributed by atoms with van der Waals surface area (Å²) >= 11 is 0. The molecule has 146 valence electrons. The molecule has 0 bridgehead atoms. The summed E-state index contributed by atoms with van der Waals surface area (Å²) in [6, 6.07) is 8.25. The molecular weight excluding hydrogens is 340 g/mol. The van der Waals surface area contributed by atoms with Gasteiger partial charge < -0.3 is 19.5 Å². The number of carbonyl (C=O) groups excluding carboxylic acids is 1. The maximum absolute atomic E-state index is 12.7. The minimum Gasteiger partial charge on any atom is -0.376 e. The van der Waals surface area contributed by atoms with Gasteiger partial charge in [-0.2, -0.15) is 0 Å². The van der Waals surface area contributed by atoms with E-state index < -0.39 is 0 Å². The Balaban J connectivity index is 1.26. The van der Waals surface area contributed by atoms with Gasteiger partial charge in [-0.15, -0.1) is 0 Å². The van der Waals surface area contributed by atoms with Crippen molar-refractivity contribution in [3.05, 3.63) is 30.1 Å². The van der Waals surface area contributed by atoms with Crippen LogP contribution >= 0.6 is 0 Å². The minimum atomic E-state index is 0.0578. The number of urea groups is 1. The smallest absolute Gasteiger partial charge is 0.317 e. The standard InChI is InChI=1S/C21H30N4O2/c1-24-19-8-3-2-7-18(19)23-20(24)9-4-12-22-21(26)25(14-16-10-11-16)15-17-6-5-13-27-17/h2-3,7-8,16-17H,4-6,9-15H2,1H3,(H,22,26)/t17-/m0/s1. The second kappa shape index (κ2) is 8.30. The van der Waals surface area contributed by atoms with Crippen LogP contribution in [0.5, 0.6) is 0 Å². The van der Waals surface area contributed by atoms with E-state index in [1.54, 1.807) is 0 Å². The number of hydrogen-bond donors (Lipinski definition) is 1. The monoisotopic (exact) mass is 370 g/mol. The van der Waals surface area contributed by atoms with Crippen LogP contribution in [0, 0.1) is 5.92 Å². The topological polar surface area (TPSA) is 59.4 Å². The highest BCUT2D eigenvalue weighted by atomic mass is 16.5. The summed E-state index contributed by atoms with van der Waals surface area (Å²) in [6.45, 7) is 3.11. The maximum atomic E-state index is 12.7. The number of imidazole rings is 1. The molecule has 2 aromatic rings. The summed E-state index contributed by atoms with van der Waals surface area (Å²) in [5.74, 6) is 1.76. The van der Waals surface area contributed by atoms with Crippen molar-refractivity contribution >= 4 is 17.1 Å². The Morgan fingerprint density at radius 2 is 2.15 bits per heavy atom. The van der Waals surface area contributed by atoms with Crippen LogP contribution in [0.15, 0.2) is 24.3 Å². The number of carbonyl (C=O) groups is 1. The van der Waals surface area contributed by atoms with E-state index in [0.717, 1.165) is 62.2 Å². The Hall–Kier alpha value is -2.08. The average molecular weight is 370 g/mol. The third-order valence-electron chi connectivity index (χ3n) is 5.64. The second-order valence-electron chi connectivity index (χ2n) is 7.89. The van der Waals surface area contributed by atoms with Crippen molar-refractivity contribution < 1.29 is 9.53 Å². The molecule has 2 heterocycles. The van der Waals surface area contributed by atoms with Gasteiger partial charge in [0, 0.05) is 39.7 Å². The molecular formula is C21H30N4O2. The molecule has 1 aromatic heterocycles. The van der Waals surface area contributed by atoms with Gasteiger partial charge in [0.05, 0.1) is 17.1 Å². The summed E-state index contributed by atoms with van der Waals surface area (Å²) in [5, 5.41) is 3.11. The van der Waals surface area contributed by atoms with Gasteiger partial charge in [-0.25, -0.2) is 9.78 Å². The van der Waals surface area contributed by atoms with Crippen LogP contribution in [-0.4, -0.2) is 52.8 Å². The molecule has 1 aromatic carbocycles. The Morgan fingerprint density at radius 3 is 2.89 bits per heavy atom. The van der Waals surface area contributed by atoms with Gasteiger partial charge in [0.1, 0.15) is 5.82 Å². The first kappa shape index (κ1) is 18.3. The van der Waals surface area contributed by atoms with E-state index in [9.17, 15) is 4.79 Å². The Bertz CT molecular complexity index is 778. The third kappa shape index (κ3) is 4.61. The second-order valence-corrected chi connectivity index (χ2v) is 7.89. The molecule has 6 heteroatoms. The number of ether oxygens (including phenoxy) is 1. The maximum Gasteiger partial charge on any atom is 0.317 e. The third-order valence-corrected chi connectivity index (χ3v) is 5.64. The number of hydrogen-bond acceptors (Lipinski definition) is 3. The van der Waals surface area contributed by atoms with Crippen LogP contribution in [0.25, 0.3) is 11.0 Å². The van der Waals surface area contributed by atoms with Gasteiger partial charge >= 0.3 is 6.03 Å². The van der Waals surface area contributed by atoms with Crippen molar-refractivity contribution in [1.82, 2.24) is 19.8 Å². The van der Waals surface area contributed by atoms with E-state index in [-0.39, 0.29) is 12.1 Å². The fraction of sp³-hybridized carbons (Fsp3) is 0.619. The van der Waals surface area contributed by atoms with Crippen LogP contribution in [-0.2, 0) is 18.2 Å². The van der Waals surface area contributed by atoms with Crippen LogP contribution in [0.2, 0.25) is 0 Å². The number of amides is 2. The molecule has 1 aliphatic carbocycles. The lowest BCUT2D eigenvalue weighted by Crippen LogP contribution is -2.45. The highest BCUT2D eigenvalue weighted by Gasteiger charge is 2.29. The normalized spacial score (nSPS) is 19.5. The van der Waals surface area contributed by atoms with Crippen molar-refractivity contribution in [2.24, 2.45) is 13.0 Å². The fourth-order valence-electron chi connectivity index (χ4n) is 3.86. The van der Waals surface area contributed by atoms with Crippen LogP contribution in [0.3, 0.4) is 0 Å². The summed E-state index contributed by atoms with van der Waals surface area (Å²) < 4.78 is 7.88. The molecule has 1 atom stereocenters. The zero-order valence-electron chi connectivity index (χ0n) is 16.2. The van der Waals surface area contributed by atoms with Crippen molar-refractivity contribution in [2.75, 3.05) is 26.2 Å². The Morgan fingerprint density at radius 1 is 1.30 bits per heavy atom. The first-order valence-corrected chi connectivity index (χ1v) is 10.3. The van der Waals surface area contributed by atoms with Gasteiger partial charge in [0.25, 0.3) is 0 Å². The quantitative estimate of drug-likeness (QED) is 0.727. The molecule has 27 heavy (non-hydrogen) atoms.